The van der Waals surface area contributed by atoms with Crippen LogP contribution in [-0.2, 0) is 16.1 Å². The number of rotatable bonds is 5. The molecule has 0 aliphatic rings. The zero-order valence-electron chi connectivity index (χ0n) is 12.0. The topological polar surface area (TPSA) is 64.6 Å². The number of hydrogen-bond donors (Lipinski definition) is 1. The van der Waals surface area contributed by atoms with E-state index in [2.05, 4.69) is 10.1 Å². The molecule has 0 saturated carbocycles. The summed E-state index contributed by atoms with van der Waals surface area (Å²) < 4.78 is 36.7. The van der Waals surface area contributed by atoms with E-state index in [1.165, 1.54) is 6.92 Å². The molecule has 0 spiro atoms. The van der Waals surface area contributed by atoms with E-state index in [4.69, 9.17) is 4.74 Å². The first-order valence-electron chi connectivity index (χ1n) is 6.45. The standard InChI is InChI=1S/C14H17F2NO4/c1-4-12(18)21-13-10(15)5-9(6-11(13)16)7-20-14(19)17-8(2)3/h5-6,8H,4,7H2,1-3H3,(H,17,19). The zero-order chi connectivity index (χ0) is 16.0. The van der Waals surface area contributed by atoms with Crippen LogP contribution in [0.25, 0.3) is 0 Å². The molecule has 1 amide bonds. The van der Waals surface area contributed by atoms with Crippen molar-refractivity contribution in [2.75, 3.05) is 0 Å². The maximum atomic E-state index is 13.7. The van der Waals surface area contributed by atoms with Gasteiger partial charge in [-0.2, -0.15) is 0 Å². The van der Waals surface area contributed by atoms with Gasteiger partial charge in [0.25, 0.3) is 0 Å². The number of carbonyl (C=O) groups is 2. The first kappa shape index (κ1) is 16.9. The lowest BCUT2D eigenvalue weighted by molar-refractivity contribution is -0.134. The predicted octanol–water partition coefficient (Wildman–Crippen LogP) is 2.91. The Bertz CT molecular complexity index is 509. The number of ether oxygens (including phenoxy) is 2. The number of benzene rings is 1. The summed E-state index contributed by atoms with van der Waals surface area (Å²) >= 11 is 0. The molecule has 0 saturated heterocycles. The van der Waals surface area contributed by atoms with E-state index in [1.54, 1.807) is 13.8 Å². The van der Waals surface area contributed by atoms with Crippen LogP contribution in [0, 0.1) is 11.6 Å². The Morgan fingerprint density at radius 2 is 1.81 bits per heavy atom. The number of esters is 1. The smallest absolute Gasteiger partial charge is 0.407 e. The summed E-state index contributed by atoms with van der Waals surface area (Å²) in [6, 6.07) is 1.79. The van der Waals surface area contributed by atoms with Crippen LogP contribution < -0.4 is 10.1 Å². The Kier molecular flexibility index (Phi) is 6.08. The van der Waals surface area contributed by atoms with Crippen molar-refractivity contribution in [3.8, 4) is 5.75 Å². The van der Waals surface area contributed by atoms with Crippen molar-refractivity contribution in [1.29, 1.82) is 0 Å². The fourth-order valence-corrected chi connectivity index (χ4v) is 1.41. The molecule has 1 rings (SSSR count). The molecule has 0 aliphatic heterocycles. The van der Waals surface area contributed by atoms with Gasteiger partial charge in [-0.15, -0.1) is 0 Å². The molecule has 21 heavy (non-hydrogen) atoms. The lowest BCUT2D eigenvalue weighted by atomic mass is 10.2. The van der Waals surface area contributed by atoms with Gasteiger partial charge in [-0.25, -0.2) is 13.6 Å². The Morgan fingerprint density at radius 1 is 1.24 bits per heavy atom. The van der Waals surface area contributed by atoms with Crippen LogP contribution >= 0.6 is 0 Å². The Labute approximate surface area is 121 Å². The predicted molar refractivity (Wildman–Crippen MR) is 70.7 cm³/mol. The molecular formula is C14H17F2NO4. The number of amides is 1. The third-order valence-corrected chi connectivity index (χ3v) is 2.34. The minimum absolute atomic E-state index is 0.000877. The van der Waals surface area contributed by atoms with E-state index in [1.807, 2.05) is 0 Å². The van der Waals surface area contributed by atoms with E-state index in [9.17, 15) is 18.4 Å². The van der Waals surface area contributed by atoms with Crippen molar-refractivity contribution < 1.29 is 27.8 Å². The molecule has 116 valence electrons. The molecule has 0 aliphatic carbocycles. The van der Waals surface area contributed by atoms with Gasteiger partial charge in [-0.05, 0) is 31.5 Å². The summed E-state index contributed by atoms with van der Waals surface area (Å²) in [5.74, 6) is -3.55. The SMILES string of the molecule is CCC(=O)Oc1c(F)cc(COC(=O)NC(C)C)cc1F. The second-order valence-corrected chi connectivity index (χ2v) is 4.59. The lowest BCUT2D eigenvalue weighted by Crippen LogP contribution is -2.30. The van der Waals surface area contributed by atoms with Gasteiger partial charge in [0.2, 0.25) is 5.75 Å². The maximum absolute atomic E-state index is 13.7. The number of alkyl carbamates (subject to hydrolysis) is 1. The van der Waals surface area contributed by atoms with Crippen molar-refractivity contribution in [2.45, 2.75) is 39.8 Å². The van der Waals surface area contributed by atoms with E-state index in [0.717, 1.165) is 12.1 Å². The molecule has 1 aromatic carbocycles. The van der Waals surface area contributed by atoms with Crippen LogP contribution in [0.1, 0.15) is 32.8 Å². The molecule has 0 fully saturated rings. The van der Waals surface area contributed by atoms with Crippen molar-refractivity contribution in [1.82, 2.24) is 5.32 Å². The van der Waals surface area contributed by atoms with Crippen LogP contribution in [0.2, 0.25) is 0 Å². The third-order valence-electron chi connectivity index (χ3n) is 2.34. The van der Waals surface area contributed by atoms with Crippen LogP contribution in [0.5, 0.6) is 5.75 Å². The number of hydrogen-bond acceptors (Lipinski definition) is 4. The molecule has 0 bridgehead atoms. The minimum atomic E-state index is -1.03. The van der Waals surface area contributed by atoms with E-state index in [-0.39, 0.29) is 24.6 Å². The monoisotopic (exact) mass is 301 g/mol. The van der Waals surface area contributed by atoms with Gasteiger partial charge in [0.15, 0.2) is 11.6 Å². The van der Waals surface area contributed by atoms with Crippen LogP contribution in [0.15, 0.2) is 12.1 Å². The normalized spacial score (nSPS) is 10.4. The van der Waals surface area contributed by atoms with Crippen molar-refractivity contribution in [3.63, 3.8) is 0 Å². The second-order valence-electron chi connectivity index (χ2n) is 4.59. The number of nitrogens with one attached hydrogen (secondary N) is 1. The lowest BCUT2D eigenvalue weighted by Gasteiger charge is -2.11. The van der Waals surface area contributed by atoms with Crippen LogP contribution in [0.4, 0.5) is 13.6 Å². The van der Waals surface area contributed by atoms with Gasteiger partial charge < -0.3 is 14.8 Å². The van der Waals surface area contributed by atoms with Crippen LogP contribution in [0.3, 0.4) is 0 Å². The van der Waals surface area contributed by atoms with E-state index >= 15 is 0 Å². The molecule has 1 aromatic rings. The first-order valence-corrected chi connectivity index (χ1v) is 6.45. The number of halogens is 2. The Morgan fingerprint density at radius 3 is 2.29 bits per heavy atom. The molecule has 0 aromatic heterocycles. The summed E-state index contributed by atoms with van der Waals surface area (Å²) in [7, 11) is 0. The Balaban J connectivity index is 2.74. The molecule has 0 unspecified atom stereocenters. The zero-order valence-corrected chi connectivity index (χ0v) is 12.0. The second kappa shape index (κ2) is 7.56. The van der Waals surface area contributed by atoms with E-state index in [0.29, 0.717) is 0 Å². The fraction of sp³-hybridized carbons (Fsp3) is 0.429. The van der Waals surface area contributed by atoms with Gasteiger partial charge >= 0.3 is 12.1 Å². The summed E-state index contributed by atoms with van der Waals surface area (Å²) in [5.41, 5.74) is 0.111. The van der Waals surface area contributed by atoms with Crippen molar-refractivity contribution >= 4 is 12.1 Å². The highest BCUT2D eigenvalue weighted by Crippen LogP contribution is 2.24. The summed E-state index contributed by atoms with van der Waals surface area (Å²) in [4.78, 5) is 22.3. The molecule has 0 radical (unpaired) electrons. The first-order chi connectivity index (χ1) is 9.83. The average Bonchev–Trinajstić information content (AvgIpc) is 2.39. The Hall–Kier alpha value is -2.18. The van der Waals surface area contributed by atoms with Crippen molar-refractivity contribution in [3.05, 3.63) is 29.3 Å². The molecule has 7 heteroatoms. The third kappa shape index (κ3) is 5.37. The largest absolute Gasteiger partial charge is 0.445 e. The number of carbonyl (C=O) groups excluding carboxylic acids is 2. The van der Waals surface area contributed by atoms with E-state index < -0.39 is 29.4 Å². The summed E-state index contributed by atoms with van der Waals surface area (Å²) in [6.07, 6.45) is -0.689. The maximum Gasteiger partial charge on any atom is 0.407 e. The minimum Gasteiger partial charge on any atom is -0.445 e. The van der Waals surface area contributed by atoms with Gasteiger partial charge in [0.05, 0.1) is 0 Å². The highest BCUT2D eigenvalue weighted by molar-refractivity contribution is 5.72. The molecule has 0 atom stereocenters. The summed E-state index contributed by atoms with van der Waals surface area (Å²) in [5, 5.41) is 2.47. The summed E-state index contributed by atoms with van der Waals surface area (Å²) in [6.45, 7) is 4.71. The fourth-order valence-electron chi connectivity index (χ4n) is 1.41. The molecule has 1 N–H and O–H groups in total. The average molecular weight is 301 g/mol. The molecule has 0 heterocycles. The van der Waals surface area contributed by atoms with Crippen LogP contribution in [-0.4, -0.2) is 18.1 Å². The van der Waals surface area contributed by atoms with Gasteiger partial charge in [0, 0.05) is 12.5 Å². The van der Waals surface area contributed by atoms with Crippen molar-refractivity contribution in [2.24, 2.45) is 0 Å². The van der Waals surface area contributed by atoms with Gasteiger partial charge in [0.1, 0.15) is 6.61 Å². The quantitative estimate of drug-likeness (QED) is 0.671. The van der Waals surface area contributed by atoms with Gasteiger partial charge in [-0.3, -0.25) is 4.79 Å². The molecular weight excluding hydrogens is 284 g/mol. The molecule has 5 nitrogen and oxygen atoms in total. The highest BCUT2D eigenvalue weighted by Gasteiger charge is 2.16. The van der Waals surface area contributed by atoms with Gasteiger partial charge in [-0.1, -0.05) is 6.92 Å². The highest BCUT2D eigenvalue weighted by atomic mass is 19.1.